The first-order valence-electron chi connectivity index (χ1n) is 5.38. The molecule has 1 aliphatic carbocycles. The van der Waals surface area contributed by atoms with Gasteiger partial charge in [0.15, 0.2) is 5.82 Å². The second-order valence-corrected chi connectivity index (χ2v) is 4.10. The van der Waals surface area contributed by atoms with Crippen LogP contribution in [-0.4, -0.2) is 16.0 Å². The van der Waals surface area contributed by atoms with Crippen LogP contribution in [0.5, 0.6) is 0 Å². The van der Waals surface area contributed by atoms with Crippen molar-refractivity contribution in [1.29, 1.82) is 0 Å². The fourth-order valence-corrected chi connectivity index (χ4v) is 1.85. The van der Waals surface area contributed by atoms with Crippen molar-refractivity contribution in [3.8, 4) is 0 Å². The van der Waals surface area contributed by atoms with Crippen molar-refractivity contribution >= 4 is 11.9 Å². The summed E-state index contributed by atoms with van der Waals surface area (Å²) in [7, 11) is 0. The van der Waals surface area contributed by atoms with Crippen molar-refractivity contribution in [3.63, 3.8) is 0 Å². The predicted octanol–water partition coefficient (Wildman–Crippen LogP) is 1.71. The van der Waals surface area contributed by atoms with Gasteiger partial charge in [-0.15, -0.1) is 0 Å². The monoisotopic (exact) mass is 233 g/mol. The van der Waals surface area contributed by atoms with E-state index >= 15 is 0 Å². The van der Waals surface area contributed by atoms with Crippen LogP contribution in [0.25, 0.3) is 0 Å². The van der Waals surface area contributed by atoms with Crippen molar-refractivity contribution in [1.82, 2.24) is 10.1 Å². The van der Waals surface area contributed by atoms with Crippen LogP contribution in [0.2, 0.25) is 0 Å². The van der Waals surface area contributed by atoms with Crippen LogP contribution < -0.4 is 5.32 Å². The lowest BCUT2D eigenvalue weighted by Gasteiger charge is -1.97. The van der Waals surface area contributed by atoms with Crippen LogP contribution in [0.1, 0.15) is 23.9 Å². The molecular weight excluding hydrogens is 222 g/mol. The Morgan fingerprint density at radius 2 is 2.47 bits per heavy atom. The first-order valence-corrected chi connectivity index (χ1v) is 5.38. The summed E-state index contributed by atoms with van der Waals surface area (Å²) in [5, 5.41) is 6.19. The summed E-state index contributed by atoms with van der Waals surface area (Å²) < 4.78 is 10.1. The molecular formula is C11H11N3O3. The van der Waals surface area contributed by atoms with Gasteiger partial charge in [-0.05, 0) is 25.5 Å². The van der Waals surface area contributed by atoms with Gasteiger partial charge in [-0.1, -0.05) is 5.16 Å². The number of aromatic nitrogens is 2. The minimum Gasteiger partial charge on any atom is -0.469 e. The highest BCUT2D eigenvalue weighted by Gasteiger charge is 2.46. The molecule has 0 aromatic carbocycles. The number of carbonyl (C=O) groups is 1. The summed E-state index contributed by atoms with van der Waals surface area (Å²) in [6.45, 7) is 1.70. The zero-order valence-corrected chi connectivity index (χ0v) is 9.21. The average Bonchev–Trinajstić information content (AvgIpc) is 2.72. The molecule has 2 heterocycles. The van der Waals surface area contributed by atoms with E-state index in [4.69, 9.17) is 8.94 Å². The molecule has 3 rings (SSSR count). The number of rotatable bonds is 3. The maximum Gasteiger partial charge on any atom is 0.328 e. The molecule has 0 unspecified atom stereocenters. The van der Waals surface area contributed by atoms with Gasteiger partial charge < -0.3 is 8.94 Å². The molecule has 0 spiro atoms. The third-order valence-electron chi connectivity index (χ3n) is 2.79. The summed E-state index contributed by atoms with van der Waals surface area (Å²) in [5.41, 5.74) is 0. The van der Waals surface area contributed by atoms with Gasteiger partial charge in [0.1, 0.15) is 5.76 Å². The number of nitrogens with zero attached hydrogens (tertiary/aromatic N) is 2. The van der Waals surface area contributed by atoms with Crippen molar-refractivity contribution in [2.75, 3.05) is 5.32 Å². The average molecular weight is 233 g/mol. The van der Waals surface area contributed by atoms with Gasteiger partial charge in [-0.25, -0.2) is 0 Å². The Labute approximate surface area is 97.0 Å². The number of hydrogen-bond donors (Lipinski definition) is 1. The normalized spacial score (nSPS) is 22.4. The van der Waals surface area contributed by atoms with Crippen LogP contribution in [-0.2, 0) is 4.79 Å². The van der Waals surface area contributed by atoms with E-state index in [0.29, 0.717) is 5.82 Å². The molecule has 0 aliphatic heterocycles. The molecule has 1 aliphatic rings. The number of aryl methyl sites for hydroxylation is 1. The molecule has 0 saturated heterocycles. The van der Waals surface area contributed by atoms with Gasteiger partial charge >= 0.3 is 6.01 Å². The lowest BCUT2D eigenvalue weighted by atomic mass is 10.2. The van der Waals surface area contributed by atoms with Gasteiger partial charge in [0.05, 0.1) is 6.26 Å². The van der Waals surface area contributed by atoms with E-state index in [2.05, 4.69) is 15.5 Å². The lowest BCUT2D eigenvalue weighted by molar-refractivity contribution is -0.117. The second-order valence-electron chi connectivity index (χ2n) is 4.10. The Morgan fingerprint density at radius 1 is 1.59 bits per heavy atom. The maximum absolute atomic E-state index is 11.8. The van der Waals surface area contributed by atoms with Crippen molar-refractivity contribution in [2.45, 2.75) is 19.3 Å². The van der Waals surface area contributed by atoms with E-state index in [1.54, 1.807) is 13.2 Å². The highest BCUT2D eigenvalue weighted by molar-refractivity contribution is 5.93. The molecule has 6 heteroatoms. The molecule has 1 N–H and O–H groups in total. The summed E-state index contributed by atoms with van der Waals surface area (Å²) >= 11 is 0. The SMILES string of the molecule is Cc1noc(NC(=O)[C@@H]2C[C@H]2c2ccco2)n1. The van der Waals surface area contributed by atoms with E-state index in [1.165, 1.54) is 0 Å². The van der Waals surface area contributed by atoms with Crippen LogP contribution >= 0.6 is 0 Å². The van der Waals surface area contributed by atoms with E-state index < -0.39 is 0 Å². The van der Waals surface area contributed by atoms with Crippen LogP contribution in [0, 0.1) is 12.8 Å². The molecule has 6 nitrogen and oxygen atoms in total. The zero-order chi connectivity index (χ0) is 11.8. The van der Waals surface area contributed by atoms with Gasteiger partial charge in [0, 0.05) is 11.8 Å². The maximum atomic E-state index is 11.8. The Hall–Kier alpha value is -2.11. The number of anilines is 1. The molecule has 2 aromatic heterocycles. The zero-order valence-electron chi connectivity index (χ0n) is 9.21. The van der Waals surface area contributed by atoms with E-state index in [0.717, 1.165) is 12.2 Å². The Morgan fingerprint density at radius 3 is 3.12 bits per heavy atom. The largest absolute Gasteiger partial charge is 0.469 e. The summed E-state index contributed by atoms with van der Waals surface area (Å²) in [6, 6.07) is 3.86. The quantitative estimate of drug-likeness (QED) is 0.872. The summed E-state index contributed by atoms with van der Waals surface area (Å²) in [6.07, 6.45) is 2.41. The van der Waals surface area contributed by atoms with E-state index in [9.17, 15) is 4.79 Å². The van der Waals surface area contributed by atoms with Crippen molar-refractivity contribution in [2.24, 2.45) is 5.92 Å². The topological polar surface area (TPSA) is 81.2 Å². The van der Waals surface area contributed by atoms with Crippen molar-refractivity contribution < 1.29 is 13.7 Å². The van der Waals surface area contributed by atoms with Crippen molar-refractivity contribution in [3.05, 3.63) is 30.0 Å². The van der Waals surface area contributed by atoms with Gasteiger partial charge in [-0.2, -0.15) is 4.98 Å². The number of nitrogens with one attached hydrogen (secondary N) is 1. The first kappa shape index (κ1) is 10.1. The van der Waals surface area contributed by atoms with Gasteiger partial charge in [0.25, 0.3) is 0 Å². The summed E-state index contributed by atoms with van der Waals surface area (Å²) in [5.74, 6) is 1.36. The molecule has 0 radical (unpaired) electrons. The van der Waals surface area contributed by atoms with Gasteiger partial charge in [0.2, 0.25) is 5.91 Å². The Kier molecular flexibility index (Phi) is 2.21. The fourth-order valence-electron chi connectivity index (χ4n) is 1.85. The fraction of sp³-hybridized carbons (Fsp3) is 0.364. The second kappa shape index (κ2) is 3.73. The van der Waals surface area contributed by atoms with Crippen LogP contribution in [0.4, 0.5) is 6.01 Å². The smallest absolute Gasteiger partial charge is 0.328 e. The first-order chi connectivity index (χ1) is 8.24. The van der Waals surface area contributed by atoms with Crippen LogP contribution in [0.3, 0.4) is 0 Å². The molecule has 17 heavy (non-hydrogen) atoms. The number of furan rings is 1. The summed E-state index contributed by atoms with van der Waals surface area (Å²) in [4.78, 5) is 15.7. The van der Waals surface area contributed by atoms with E-state index in [1.807, 2.05) is 12.1 Å². The Bertz CT molecular complexity index is 532. The van der Waals surface area contributed by atoms with E-state index in [-0.39, 0.29) is 23.8 Å². The molecule has 1 amide bonds. The molecule has 2 aromatic rings. The highest BCUT2D eigenvalue weighted by Crippen LogP contribution is 2.48. The van der Waals surface area contributed by atoms with Gasteiger partial charge in [-0.3, -0.25) is 10.1 Å². The minimum absolute atomic E-state index is 0.0617. The standard InChI is InChI=1S/C11H11N3O3/c1-6-12-11(17-14-6)13-10(15)8-5-7(8)9-3-2-4-16-9/h2-4,7-8H,5H2,1H3,(H,12,13,14,15)/t7-,8-/m1/s1. The third kappa shape index (κ3) is 1.93. The number of amides is 1. The molecule has 2 atom stereocenters. The molecule has 88 valence electrons. The van der Waals surface area contributed by atoms with Crippen LogP contribution in [0.15, 0.2) is 27.3 Å². The third-order valence-corrected chi connectivity index (χ3v) is 2.79. The minimum atomic E-state index is -0.102. The lowest BCUT2D eigenvalue weighted by Crippen LogP contribution is -2.14. The Balaban J connectivity index is 1.62. The molecule has 0 bridgehead atoms. The molecule has 1 saturated carbocycles. The number of carbonyl (C=O) groups excluding carboxylic acids is 1. The number of hydrogen-bond acceptors (Lipinski definition) is 5. The highest BCUT2D eigenvalue weighted by atomic mass is 16.5. The predicted molar refractivity (Wildman–Crippen MR) is 57.2 cm³/mol. The molecule has 1 fully saturated rings.